The molecule has 1 aromatic rings. The zero-order chi connectivity index (χ0) is 18.6. The van der Waals surface area contributed by atoms with Crippen LogP contribution in [0.2, 0.25) is 0 Å². The lowest BCUT2D eigenvalue weighted by Crippen LogP contribution is -2.54. The fraction of sp³-hybridized carbons (Fsp3) is 0.619. The lowest BCUT2D eigenvalue weighted by molar-refractivity contribution is -0.144. The van der Waals surface area contributed by atoms with Crippen LogP contribution in [0.25, 0.3) is 0 Å². The Kier molecular flexibility index (Phi) is 6.39. The van der Waals surface area contributed by atoms with Crippen molar-refractivity contribution in [1.82, 2.24) is 4.90 Å². The van der Waals surface area contributed by atoms with E-state index in [2.05, 4.69) is 6.92 Å². The van der Waals surface area contributed by atoms with Gasteiger partial charge >= 0.3 is 0 Å². The molecular weight excluding hydrogens is 314 g/mol. The summed E-state index contributed by atoms with van der Waals surface area (Å²) >= 11 is 0. The summed E-state index contributed by atoms with van der Waals surface area (Å²) in [6, 6.07) is 5.49. The van der Waals surface area contributed by atoms with Crippen molar-refractivity contribution >= 4 is 11.7 Å². The molecule has 0 aromatic heterocycles. The predicted molar refractivity (Wildman–Crippen MR) is 99.7 cm³/mol. The van der Waals surface area contributed by atoms with Gasteiger partial charge in [-0.3, -0.25) is 9.59 Å². The van der Waals surface area contributed by atoms with Gasteiger partial charge < -0.3 is 10.0 Å². The number of nitrogens with zero attached hydrogens (tertiary/aromatic N) is 1. The van der Waals surface area contributed by atoms with Crippen LogP contribution in [0.3, 0.4) is 0 Å². The average Bonchev–Trinajstić information content (AvgIpc) is 2.61. The average molecular weight is 345 g/mol. The van der Waals surface area contributed by atoms with E-state index in [0.717, 1.165) is 36.8 Å². The number of unbranched alkanes of at least 4 members (excludes halogenated alkanes) is 1. The number of carbonyl (C=O) groups excluding carboxylic acids is 2. The largest absolute Gasteiger partial charge is 0.381 e. The minimum atomic E-state index is -1.59. The molecule has 1 aliphatic rings. The molecule has 4 heteroatoms. The van der Waals surface area contributed by atoms with Crippen LogP contribution in [0.1, 0.15) is 66.9 Å². The summed E-state index contributed by atoms with van der Waals surface area (Å²) in [7, 11) is 1.77. The second-order valence-electron chi connectivity index (χ2n) is 7.46. The molecular formula is C21H31NO3. The zero-order valence-corrected chi connectivity index (χ0v) is 16.0. The van der Waals surface area contributed by atoms with Crippen LogP contribution >= 0.6 is 0 Å². The second-order valence-corrected chi connectivity index (χ2v) is 7.46. The maximum atomic E-state index is 13.1. The van der Waals surface area contributed by atoms with Crippen molar-refractivity contribution in [2.45, 2.75) is 64.9 Å². The maximum Gasteiger partial charge on any atom is 0.228 e. The van der Waals surface area contributed by atoms with Gasteiger partial charge in [0.05, 0.1) is 5.92 Å². The zero-order valence-electron chi connectivity index (χ0n) is 16.0. The summed E-state index contributed by atoms with van der Waals surface area (Å²) in [5.74, 6) is -1.05. The Morgan fingerprint density at radius 2 is 1.96 bits per heavy atom. The Morgan fingerprint density at radius 3 is 2.60 bits per heavy atom. The first kappa shape index (κ1) is 19.6. The lowest BCUT2D eigenvalue weighted by Gasteiger charge is -2.39. The highest BCUT2D eigenvalue weighted by atomic mass is 16.3. The Morgan fingerprint density at radius 1 is 1.24 bits per heavy atom. The fourth-order valence-electron chi connectivity index (χ4n) is 3.66. The van der Waals surface area contributed by atoms with Crippen LogP contribution in [-0.2, 0) is 4.79 Å². The Hall–Kier alpha value is -1.68. The standard InChI is InChI=1S/C21H31NO3/c1-5-6-13-22(4)20(24)18-9-7-8-12-21(18,25)19(23)17-11-10-15(2)16(3)14-17/h10-11,14,18,25H,5-9,12-13H2,1-4H3. The molecule has 0 bridgehead atoms. The minimum absolute atomic E-state index is 0.104. The lowest BCUT2D eigenvalue weighted by atomic mass is 9.70. The van der Waals surface area contributed by atoms with Crippen LogP contribution < -0.4 is 0 Å². The number of aryl methyl sites for hydroxylation is 2. The van der Waals surface area contributed by atoms with Crippen molar-refractivity contribution in [3.05, 3.63) is 34.9 Å². The topological polar surface area (TPSA) is 57.6 Å². The van der Waals surface area contributed by atoms with Gasteiger partial charge in [-0.25, -0.2) is 0 Å². The summed E-state index contributed by atoms with van der Waals surface area (Å²) in [4.78, 5) is 27.7. The first-order chi connectivity index (χ1) is 11.8. The Balaban J connectivity index is 2.28. The molecule has 0 radical (unpaired) electrons. The van der Waals surface area contributed by atoms with E-state index in [1.165, 1.54) is 0 Å². The predicted octanol–water partition coefficient (Wildman–Crippen LogP) is 3.67. The van der Waals surface area contributed by atoms with Crippen LogP contribution in [-0.4, -0.2) is 40.9 Å². The SMILES string of the molecule is CCCCN(C)C(=O)C1CCCCC1(O)C(=O)c1ccc(C)c(C)c1. The summed E-state index contributed by atoms with van der Waals surface area (Å²) in [5, 5.41) is 11.3. The van der Waals surface area contributed by atoms with E-state index in [4.69, 9.17) is 0 Å². The quantitative estimate of drug-likeness (QED) is 0.801. The van der Waals surface area contributed by atoms with Crippen molar-refractivity contribution in [2.75, 3.05) is 13.6 Å². The number of hydrogen-bond acceptors (Lipinski definition) is 3. The van der Waals surface area contributed by atoms with Crippen molar-refractivity contribution in [3.63, 3.8) is 0 Å². The minimum Gasteiger partial charge on any atom is -0.381 e. The number of amides is 1. The molecule has 1 saturated carbocycles. The smallest absolute Gasteiger partial charge is 0.228 e. The first-order valence-electron chi connectivity index (χ1n) is 9.40. The van der Waals surface area contributed by atoms with Crippen LogP contribution in [0.4, 0.5) is 0 Å². The van der Waals surface area contributed by atoms with E-state index in [1.54, 1.807) is 18.0 Å². The van der Waals surface area contributed by atoms with E-state index >= 15 is 0 Å². The number of benzene rings is 1. The highest BCUT2D eigenvalue weighted by Gasteiger charge is 2.49. The number of aliphatic hydroxyl groups is 1. The monoisotopic (exact) mass is 345 g/mol. The summed E-state index contributed by atoms with van der Waals surface area (Å²) in [6.45, 7) is 6.70. The molecule has 0 spiro atoms. The van der Waals surface area contributed by atoms with Gasteiger partial charge in [0.2, 0.25) is 5.91 Å². The number of hydrogen-bond donors (Lipinski definition) is 1. The Labute approximate surface area is 151 Å². The summed E-state index contributed by atoms with van der Waals surface area (Å²) in [6.07, 6.45) is 4.52. The summed E-state index contributed by atoms with van der Waals surface area (Å²) in [5.41, 5.74) is 1.05. The van der Waals surface area contributed by atoms with E-state index in [9.17, 15) is 14.7 Å². The van der Waals surface area contributed by atoms with Crippen molar-refractivity contribution < 1.29 is 14.7 Å². The number of rotatable bonds is 6. The third kappa shape index (κ3) is 4.12. The molecule has 4 nitrogen and oxygen atoms in total. The van der Waals surface area contributed by atoms with Crippen LogP contribution in [0, 0.1) is 19.8 Å². The van der Waals surface area contributed by atoms with Gasteiger partial charge in [0.15, 0.2) is 5.78 Å². The molecule has 1 fully saturated rings. The number of carbonyl (C=O) groups is 2. The highest BCUT2D eigenvalue weighted by molar-refractivity contribution is 6.05. The third-order valence-electron chi connectivity index (χ3n) is 5.56. The van der Waals surface area contributed by atoms with Crippen molar-refractivity contribution in [2.24, 2.45) is 5.92 Å². The number of Topliss-reactive ketones (excluding diaryl/α,β-unsaturated/α-hetero) is 1. The van der Waals surface area contributed by atoms with E-state index in [0.29, 0.717) is 24.9 Å². The van der Waals surface area contributed by atoms with Gasteiger partial charge in [-0.05, 0) is 50.3 Å². The molecule has 2 rings (SSSR count). The molecule has 0 saturated heterocycles. The Bertz CT molecular complexity index is 640. The molecule has 138 valence electrons. The van der Waals surface area contributed by atoms with Gasteiger partial charge in [0, 0.05) is 19.2 Å². The van der Waals surface area contributed by atoms with Gasteiger partial charge in [-0.1, -0.05) is 38.3 Å². The first-order valence-corrected chi connectivity index (χ1v) is 9.40. The van der Waals surface area contributed by atoms with Gasteiger partial charge in [0.25, 0.3) is 0 Å². The highest BCUT2D eigenvalue weighted by Crippen LogP contribution is 2.37. The second kappa shape index (κ2) is 8.13. The molecule has 1 amide bonds. The van der Waals surface area contributed by atoms with E-state index in [1.807, 2.05) is 26.0 Å². The molecule has 1 aromatic carbocycles. The molecule has 2 atom stereocenters. The molecule has 1 N–H and O–H groups in total. The third-order valence-corrected chi connectivity index (χ3v) is 5.56. The molecule has 25 heavy (non-hydrogen) atoms. The van der Waals surface area contributed by atoms with Gasteiger partial charge in [0.1, 0.15) is 5.60 Å². The number of ketones is 1. The maximum absolute atomic E-state index is 13.1. The summed E-state index contributed by atoms with van der Waals surface area (Å²) < 4.78 is 0. The van der Waals surface area contributed by atoms with Crippen molar-refractivity contribution in [3.8, 4) is 0 Å². The van der Waals surface area contributed by atoms with Gasteiger partial charge in [-0.2, -0.15) is 0 Å². The normalized spacial score (nSPS) is 23.3. The van der Waals surface area contributed by atoms with E-state index in [-0.39, 0.29) is 11.7 Å². The molecule has 0 heterocycles. The van der Waals surface area contributed by atoms with Crippen molar-refractivity contribution in [1.29, 1.82) is 0 Å². The van der Waals surface area contributed by atoms with Gasteiger partial charge in [-0.15, -0.1) is 0 Å². The van der Waals surface area contributed by atoms with Crippen LogP contribution in [0.15, 0.2) is 18.2 Å². The van der Waals surface area contributed by atoms with Crippen LogP contribution in [0.5, 0.6) is 0 Å². The molecule has 0 aliphatic heterocycles. The molecule has 1 aliphatic carbocycles. The van der Waals surface area contributed by atoms with E-state index < -0.39 is 11.5 Å². The fourth-order valence-corrected chi connectivity index (χ4v) is 3.66. The molecule has 2 unspecified atom stereocenters.